The number of amides is 1. The van der Waals surface area contributed by atoms with Crippen molar-refractivity contribution in [3.63, 3.8) is 0 Å². The third-order valence-corrected chi connectivity index (χ3v) is 5.35. The molecule has 1 amide bonds. The Hall–Kier alpha value is -1.58. The van der Waals surface area contributed by atoms with Crippen LogP contribution in [0, 0.1) is 30.6 Å². The number of aromatic nitrogens is 1. The lowest BCUT2D eigenvalue weighted by molar-refractivity contribution is 0.0945. The number of hydrogen-bond donors (Lipinski definition) is 2. The second-order valence-electron chi connectivity index (χ2n) is 6.40. The molecule has 3 N–H and O–H groups in total. The van der Waals surface area contributed by atoms with Crippen LogP contribution in [0.15, 0.2) is 12.3 Å². The van der Waals surface area contributed by atoms with Crippen LogP contribution in [0.5, 0.6) is 0 Å². The average Bonchev–Trinajstić information content (AvgIpc) is 2.78. The third kappa shape index (κ3) is 1.58. The Labute approximate surface area is 112 Å². The maximum absolute atomic E-state index is 12.3. The maximum Gasteiger partial charge on any atom is 0.255 e. The lowest BCUT2D eigenvalue weighted by Gasteiger charge is -2.11. The topological polar surface area (TPSA) is 68.0 Å². The van der Waals surface area contributed by atoms with Crippen LogP contribution in [-0.2, 0) is 0 Å². The predicted octanol–water partition coefficient (Wildman–Crippen LogP) is 1.75. The van der Waals surface area contributed by atoms with Crippen LogP contribution in [0.1, 0.15) is 35.3 Å². The summed E-state index contributed by atoms with van der Waals surface area (Å²) >= 11 is 0. The minimum atomic E-state index is -0.0520. The van der Waals surface area contributed by atoms with Gasteiger partial charge in [0.15, 0.2) is 0 Å². The first-order chi connectivity index (χ1) is 9.15. The summed E-state index contributed by atoms with van der Waals surface area (Å²) in [6.45, 7) is 1.88. The fourth-order valence-electron chi connectivity index (χ4n) is 4.52. The van der Waals surface area contributed by atoms with Crippen molar-refractivity contribution in [2.45, 2.75) is 32.2 Å². The lowest BCUT2D eigenvalue weighted by atomic mass is 10.0. The third-order valence-electron chi connectivity index (χ3n) is 5.35. The van der Waals surface area contributed by atoms with Crippen LogP contribution in [0.3, 0.4) is 0 Å². The van der Waals surface area contributed by atoms with Gasteiger partial charge in [-0.2, -0.15) is 0 Å². The number of nitrogens with one attached hydrogen (secondary N) is 1. The van der Waals surface area contributed by atoms with E-state index in [9.17, 15) is 4.79 Å². The van der Waals surface area contributed by atoms with E-state index in [1.165, 1.54) is 19.3 Å². The minimum absolute atomic E-state index is 0.0520. The first-order valence-electron chi connectivity index (χ1n) is 7.18. The quantitative estimate of drug-likeness (QED) is 0.848. The van der Waals surface area contributed by atoms with Gasteiger partial charge in [-0.3, -0.25) is 9.78 Å². The summed E-state index contributed by atoms with van der Waals surface area (Å²) in [6.07, 6.45) is 5.72. The zero-order chi connectivity index (χ0) is 13.1. The predicted molar refractivity (Wildman–Crippen MR) is 72.5 cm³/mol. The van der Waals surface area contributed by atoms with E-state index >= 15 is 0 Å². The van der Waals surface area contributed by atoms with Crippen molar-refractivity contribution < 1.29 is 4.79 Å². The molecule has 0 aliphatic heterocycles. The minimum Gasteiger partial charge on any atom is -0.398 e. The zero-order valence-electron chi connectivity index (χ0n) is 11.1. The molecule has 3 aliphatic carbocycles. The molecule has 0 spiro atoms. The maximum atomic E-state index is 12.3. The number of fused-ring (bicyclic) bond motifs is 5. The van der Waals surface area contributed by atoms with E-state index in [4.69, 9.17) is 5.73 Å². The van der Waals surface area contributed by atoms with Gasteiger partial charge in [-0.1, -0.05) is 0 Å². The number of carbonyl (C=O) groups is 1. The monoisotopic (exact) mass is 257 g/mol. The standard InChI is InChI=1S/C15H19N3O/c1-7-4-11(16)10(6-17-7)15(19)18-14-12-8-2-3-9(5-8)13(12)14/h4,6,8-9,12-14H,2-3,5H2,1H3,(H2,16,17)(H,18,19). The Balaban J connectivity index is 1.48. The molecule has 100 valence electrons. The van der Waals surface area contributed by atoms with Gasteiger partial charge in [0.1, 0.15) is 0 Å². The second kappa shape index (κ2) is 3.71. The summed E-state index contributed by atoms with van der Waals surface area (Å²) in [4.78, 5) is 16.4. The number of aryl methyl sites for hydroxylation is 1. The second-order valence-corrected chi connectivity index (χ2v) is 6.40. The first-order valence-corrected chi connectivity index (χ1v) is 7.18. The Morgan fingerprint density at radius 1 is 1.37 bits per heavy atom. The van der Waals surface area contributed by atoms with Crippen molar-refractivity contribution in [3.8, 4) is 0 Å². The van der Waals surface area contributed by atoms with Crippen molar-refractivity contribution in [1.29, 1.82) is 0 Å². The number of nitrogen functional groups attached to an aromatic ring is 1. The number of anilines is 1. The fraction of sp³-hybridized carbons (Fsp3) is 0.600. The number of pyridine rings is 1. The van der Waals surface area contributed by atoms with E-state index in [0.29, 0.717) is 17.3 Å². The van der Waals surface area contributed by atoms with Gasteiger partial charge in [0.25, 0.3) is 5.91 Å². The van der Waals surface area contributed by atoms with Gasteiger partial charge in [-0.15, -0.1) is 0 Å². The molecule has 3 fully saturated rings. The van der Waals surface area contributed by atoms with E-state index in [-0.39, 0.29) is 5.91 Å². The molecule has 2 bridgehead atoms. The van der Waals surface area contributed by atoms with Gasteiger partial charge in [-0.05, 0) is 55.9 Å². The van der Waals surface area contributed by atoms with Crippen molar-refractivity contribution >= 4 is 11.6 Å². The summed E-state index contributed by atoms with van der Waals surface area (Å²) in [7, 11) is 0. The number of carbonyl (C=O) groups excluding carboxylic acids is 1. The highest BCUT2D eigenvalue weighted by molar-refractivity contribution is 5.99. The van der Waals surface area contributed by atoms with Crippen LogP contribution >= 0.6 is 0 Å². The summed E-state index contributed by atoms with van der Waals surface area (Å²) in [5.41, 5.74) is 7.79. The fourth-order valence-corrected chi connectivity index (χ4v) is 4.52. The molecular formula is C15H19N3O. The SMILES string of the molecule is Cc1cc(N)c(C(=O)NC2C3C4CCC(C4)C23)cn1. The molecular weight excluding hydrogens is 238 g/mol. The molecule has 0 radical (unpaired) electrons. The van der Waals surface area contributed by atoms with E-state index in [0.717, 1.165) is 29.4 Å². The summed E-state index contributed by atoms with van der Waals surface area (Å²) in [6, 6.07) is 2.16. The molecule has 4 nitrogen and oxygen atoms in total. The number of nitrogens with two attached hydrogens (primary N) is 1. The molecule has 4 rings (SSSR count). The Morgan fingerprint density at radius 3 is 2.68 bits per heavy atom. The number of rotatable bonds is 2. The van der Waals surface area contributed by atoms with E-state index in [1.54, 1.807) is 12.3 Å². The first kappa shape index (κ1) is 11.3. The molecule has 1 heterocycles. The Morgan fingerprint density at radius 2 is 2.05 bits per heavy atom. The van der Waals surface area contributed by atoms with Crippen LogP contribution in [0.4, 0.5) is 5.69 Å². The Bertz CT molecular complexity index is 540. The van der Waals surface area contributed by atoms with Crippen molar-refractivity contribution in [1.82, 2.24) is 10.3 Å². The van der Waals surface area contributed by atoms with Crippen molar-refractivity contribution in [3.05, 3.63) is 23.5 Å². The van der Waals surface area contributed by atoms with Gasteiger partial charge in [0.05, 0.1) is 5.56 Å². The average molecular weight is 257 g/mol. The molecule has 0 saturated heterocycles. The van der Waals surface area contributed by atoms with E-state index < -0.39 is 0 Å². The van der Waals surface area contributed by atoms with Crippen LogP contribution in [-0.4, -0.2) is 16.9 Å². The molecule has 4 atom stereocenters. The smallest absolute Gasteiger partial charge is 0.255 e. The Kier molecular flexibility index (Phi) is 2.20. The molecule has 1 aromatic heterocycles. The highest BCUT2D eigenvalue weighted by Crippen LogP contribution is 2.65. The van der Waals surface area contributed by atoms with Crippen LogP contribution < -0.4 is 11.1 Å². The van der Waals surface area contributed by atoms with Gasteiger partial charge in [0, 0.05) is 23.6 Å². The summed E-state index contributed by atoms with van der Waals surface area (Å²) in [5.74, 6) is 3.19. The lowest BCUT2D eigenvalue weighted by Crippen LogP contribution is -2.30. The molecule has 4 unspecified atom stereocenters. The number of nitrogens with zero attached hydrogens (tertiary/aromatic N) is 1. The molecule has 4 heteroatoms. The number of hydrogen-bond acceptors (Lipinski definition) is 3. The molecule has 3 aliphatic rings. The molecule has 19 heavy (non-hydrogen) atoms. The van der Waals surface area contributed by atoms with Crippen LogP contribution in [0.2, 0.25) is 0 Å². The van der Waals surface area contributed by atoms with Crippen molar-refractivity contribution in [2.24, 2.45) is 23.7 Å². The summed E-state index contributed by atoms with van der Waals surface area (Å²) < 4.78 is 0. The van der Waals surface area contributed by atoms with Crippen LogP contribution in [0.25, 0.3) is 0 Å². The molecule has 3 saturated carbocycles. The molecule has 0 aromatic carbocycles. The van der Waals surface area contributed by atoms with Gasteiger partial charge < -0.3 is 11.1 Å². The van der Waals surface area contributed by atoms with Gasteiger partial charge in [0.2, 0.25) is 0 Å². The summed E-state index contributed by atoms with van der Waals surface area (Å²) in [5, 5.41) is 3.17. The van der Waals surface area contributed by atoms with E-state index in [1.807, 2.05) is 6.92 Å². The highest BCUT2D eigenvalue weighted by Gasteiger charge is 2.65. The van der Waals surface area contributed by atoms with Gasteiger partial charge >= 0.3 is 0 Å². The van der Waals surface area contributed by atoms with E-state index in [2.05, 4.69) is 10.3 Å². The normalized spacial score (nSPS) is 38.1. The zero-order valence-corrected chi connectivity index (χ0v) is 11.1. The molecule has 1 aromatic rings. The van der Waals surface area contributed by atoms with Gasteiger partial charge in [-0.25, -0.2) is 0 Å². The van der Waals surface area contributed by atoms with Crippen molar-refractivity contribution in [2.75, 3.05) is 5.73 Å². The highest BCUT2D eigenvalue weighted by atomic mass is 16.1. The largest absolute Gasteiger partial charge is 0.398 e.